The molecule has 0 aliphatic heterocycles. The van der Waals surface area contributed by atoms with Crippen molar-refractivity contribution < 1.29 is 73.9 Å². The third-order valence-electron chi connectivity index (χ3n) is 2.43. The van der Waals surface area contributed by atoms with Crippen LogP contribution in [0.4, 0.5) is 12.9 Å². The zero-order chi connectivity index (χ0) is 12.6. The SMILES string of the molecule is COC(=O)c1cc2cc([B-](F)(F)F)ccc2[nH]1.[K+]. The summed E-state index contributed by atoms with van der Waals surface area (Å²) in [5.41, 5.74) is -0.0866. The first-order valence-corrected chi connectivity index (χ1v) is 4.83. The Balaban J connectivity index is 0.00000162. The van der Waals surface area contributed by atoms with Gasteiger partial charge in [0, 0.05) is 5.52 Å². The van der Waals surface area contributed by atoms with Crippen molar-refractivity contribution in [2.24, 2.45) is 0 Å². The molecule has 1 aromatic carbocycles. The maximum Gasteiger partial charge on any atom is 1.00 e. The van der Waals surface area contributed by atoms with Gasteiger partial charge in [0.25, 0.3) is 0 Å². The molecular weight excluding hydrogens is 273 g/mol. The molecule has 8 heteroatoms. The minimum Gasteiger partial charge on any atom is -0.464 e. The number of hydrogen-bond donors (Lipinski definition) is 1. The summed E-state index contributed by atoms with van der Waals surface area (Å²) in [5, 5.41) is 0.335. The molecule has 1 N–H and O–H groups in total. The Morgan fingerprint density at radius 2 is 1.94 bits per heavy atom. The van der Waals surface area contributed by atoms with Crippen molar-refractivity contribution in [3.05, 3.63) is 30.0 Å². The number of benzene rings is 1. The van der Waals surface area contributed by atoms with Gasteiger partial charge >= 0.3 is 64.3 Å². The molecule has 0 unspecified atom stereocenters. The number of carbonyl (C=O) groups excluding carboxylic acids is 1. The number of aromatic amines is 1. The van der Waals surface area contributed by atoms with Crippen LogP contribution in [0.1, 0.15) is 10.5 Å². The molecule has 3 nitrogen and oxygen atoms in total. The van der Waals surface area contributed by atoms with Crippen LogP contribution in [0.3, 0.4) is 0 Å². The summed E-state index contributed by atoms with van der Waals surface area (Å²) in [7, 11) is 1.21. The number of ether oxygens (including phenoxy) is 1. The van der Waals surface area contributed by atoms with Gasteiger partial charge in [0.1, 0.15) is 5.69 Å². The van der Waals surface area contributed by atoms with Crippen molar-refractivity contribution >= 4 is 29.3 Å². The molecule has 90 valence electrons. The Hall–Kier alpha value is -0.279. The molecule has 0 saturated carbocycles. The van der Waals surface area contributed by atoms with E-state index in [0.717, 1.165) is 12.1 Å². The molecule has 2 rings (SSSR count). The van der Waals surface area contributed by atoms with Crippen molar-refractivity contribution in [3.63, 3.8) is 0 Å². The minimum atomic E-state index is -5.03. The maximum atomic E-state index is 12.5. The monoisotopic (exact) mass is 281 g/mol. The van der Waals surface area contributed by atoms with Crippen LogP contribution in [0, 0.1) is 0 Å². The summed E-state index contributed by atoms with van der Waals surface area (Å²) in [6.45, 7) is -5.03. The fourth-order valence-electron chi connectivity index (χ4n) is 1.57. The molecule has 0 amide bonds. The normalized spacial score (nSPS) is 11.1. The molecule has 0 fully saturated rings. The van der Waals surface area contributed by atoms with E-state index in [0.29, 0.717) is 10.9 Å². The Morgan fingerprint density at radius 1 is 1.28 bits per heavy atom. The summed E-state index contributed by atoms with van der Waals surface area (Å²) in [4.78, 5) is 13.9. The van der Waals surface area contributed by atoms with Crippen LogP contribution in [-0.2, 0) is 4.74 Å². The van der Waals surface area contributed by atoms with Crippen molar-refractivity contribution in [1.29, 1.82) is 0 Å². The summed E-state index contributed by atoms with van der Waals surface area (Å²) in [6, 6.07) is 4.64. The van der Waals surface area contributed by atoms with Crippen LogP contribution in [0.2, 0.25) is 0 Å². The first kappa shape index (κ1) is 15.8. The third kappa shape index (κ3) is 3.18. The Kier molecular flexibility index (Phi) is 5.07. The van der Waals surface area contributed by atoms with Crippen LogP contribution in [0.15, 0.2) is 24.3 Å². The first-order valence-electron chi connectivity index (χ1n) is 4.83. The van der Waals surface area contributed by atoms with E-state index in [1.165, 1.54) is 19.2 Å². The van der Waals surface area contributed by atoms with Gasteiger partial charge < -0.3 is 22.7 Å². The molecular formula is C10H8BF3KNO2. The number of methoxy groups -OCH3 is 1. The van der Waals surface area contributed by atoms with Crippen molar-refractivity contribution in [3.8, 4) is 0 Å². The predicted octanol–water partition coefficient (Wildman–Crippen LogP) is -0.987. The van der Waals surface area contributed by atoms with Gasteiger partial charge in [0.05, 0.1) is 7.11 Å². The summed E-state index contributed by atoms with van der Waals surface area (Å²) in [6.07, 6.45) is 0. The molecule has 1 aromatic heterocycles. The van der Waals surface area contributed by atoms with E-state index in [1.54, 1.807) is 0 Å². The summed E-state index contributed by atoms with van der Waals surface area (Å²) in [5.74, 6) is -0.611. The Morgan fingerprint density at radius 3 is 2.50 bits per heavy atom. The van der Waals surface area contributed by atoms with Crippen LogP contribution >= 0.6 is 0 Å². The number of rotatable bonds is 2. The Labute approximate surface area is 144 Å². The number of H-pyrrole nitrogens is 1. The molecule has 1 heterocycles. The number of hydrogen-bond acceptors (Lipinski definition) is 2. The fraction of sp³-hybridized carbons (Fsp3) is 0.100. The average molecular weight is 281 g/mol. The topological polar surface area (TPSA) is 42.1 Å². The largest absolute Gasteiger partial charge is 1.00 e. The van der Waals surface area contributed by atoms with E-state index < -0.39 is 18.4 Å². The fourth-order valence-corrected chi connectivity index (χ4v) is 1.57. The van der Waals surface area contributed by atoms with Gasteiger partial charge in [-0.25, -0.2) is 4.79 Å². The summed E-state index contributed by atoms with van der Waals surface area (Å²) < 4.78 is 42.0. The second kappa shape index (κ2) is 5.79. The molecule has 0 atom stereocenters. The van der Waals surface area contributed by atoms with Crippen molar-refractivity contribution in [2.45, 2.75) is 0 Å². The number of fused-ring (bicyclic) bond motifs is 1. The van der Waals surface area contributed by atoms with E-state index in [9.17, 15) is 17.7 Å². The molecule has 2 aromatic rings. The zero-order valence-electron chi connectivity index (χ0n) is 9.84. The minimum absolute atomic E-state index is 0. The number of halogens is 3. The van der Waals surface area contributed by atoms with Gasteiger partial charge in [0.2, 0.25) is 0 Å². The van der Waals surface area contributed by atoms with Crippen LogP contribution in [0.25, 0.3) is 10.9 Å². The number of carbonyl (C=O) groups is 1. The standard InChI is InChI=1S/C10H8BF3NO2.K/c1-17-10(16)9-5-6-4-7(11(12,13)14)2-3-8(6)15-9;/h2-5,15H,1H3;/q-1;+1. The number of esters is 1. The molecule has 0 aliphatic carbocycles. The number of nitrogens with one attached hydrogen (secondary N) is 1. The molecule has 0 spiro atoms. The van der Waals surface area contributed by atoms with Gasteiger partial charge in [-0.1, -0.05) is 12.1 Å². The molecule has 18 heavy (non-hydrogen) atoms. The van der Waals surface area contributed by atoms with Crippen LogP contribution in [-0.4, -0.2) is 25.0 Å². The number of aromatic nitrogens is 1. The smallest absolute Gasteiger partial charge is 0.464 e. The quantitative estimate of drug-likeness (QED) is 0.567. The van der Waals surface area contributed by atoms with E-state index in [1.807, 2.05) is 0 Å². The predicted molar refractivity (Wildman–Crippen MR) is 58.4 cm³/mol. The van der Waals surface area contributed by atoms with E-state index in [2.05, 4.69) is 9.72 Å². The van der Waals surface area contributed by atoms with Crippen LogP contribution in [0.5, 0.6) is 0 Å². The zero-order valence-corrected chi connectivity index (χ0v) is 13.0. The van der Waals surface area contributed by atoms with Gasteiger partial charge in [-0.3, -0.25) is 0 Å². The molecule has 0 aliphatic rings. The first-order chi connectivity index (χ1) is 7.91. The second-order valence-corrected chi connectivity index (χ2v) is 3.60. The van der Waals surface area contributed by atoms with Crippen molar-refractivity contribution in [1.82, 2.24) is 4.98 Å². The molecule has 0 bridgehead atoms. The van der Waals surface area contributed by atoms with E-state index >= 15 is 0 Å². The van der Waals surface area contributed by atoms with E-state index in [4.69, 9.17) is 0 Å². The second-order valence-electron chi connectivity index (χ2n) is 3.60. The third-order valence-corrected chi connectivity index (χ3v) is 2.43. The average Bonchev–Trinajstić information content (AvgIpc) is 2.69. The van der Waals surface area contributed by atoms with Crippen LogP contribution < -0.4 is 56.8 Å². The maximum absolute atomic E-state index is 12.5. The van der Waals surface area contributed by atoms with Crippen molar-refractivity contribution in [2.75, 3.05) is 7.11 Å². The van der Waals surface area contributed by atoms with E-state index in [-0.39, 0.29) is 57.1 Å². The van der Waals surface area contributed by atoms with Gasteiger partial charge in [-0.05, 0) is 17.5 Å². The summed E-state index contributed by atoms with van der Waals surface area (Å²) >= 11 is 0. The van der Waals surface area contributed by atoms with Gasteiger partial charge in [0.15, 0.2) is 0 Å². The van der Waals surface area contributed by atoms with Gasteiger partial charge in [-0.15, -0.1) is 5.46 Å². The molecule has 0 radical (unpaired) electrons. The Bertz CT molecular complexity index is 582. The molecule has 0 saturated heterocycles. The van der Waals surface area contributed by atoms with Gasteiger partial charge in [-0.2, -0.15) is 0 Å².